The first-order valence-electron chi connectivity index (χ1n) is 15.2. The molecule has 0 spiro atoms. The average Bonchev–Trinajstić information content (AvgIpc) is 3.62. The summed E-state index contributed by atoms with van der Waals surface area (Å²) in [6.07, 6.45) is 0. The molecule has 6 rings (SSSR count). The van der Waals surface area contributed by atoms with Gasteiger partial charge >= 0.3 is 0 Å². The summed E-state index contributed by atoms with van der Waals surface area (Å²) in [5, 5.41) is 5.94. The summed E-state index contributed by atoms with van der Waals surface area (Å²) in [5.74, 6) is 2.77. The predicted molar refractivity (Wildman–Crippen MR) is 189 cm³/mol. The Morgan fingerprint density at radius 3 is 2.34 bits per heavy atom. The number of allylic oxidation sites excluding steroid dienone is 2. The molecule has 0 aliphatic carbocycles. The van der Waals surface area contributed by atoms with Gasteiger partial charge in [0.1, 0.15) is 18.1 Å². The Hall–Kier alpha value is -4.92. The van der Waals surface area contributed by atoms with Crippen molar-refractivity contribution in [3.8, 4) is 22.9 Å². The number of Topliss-reactive ketones (excluding diaryl/α,β-unsaturated/α-hetero) is 1. The van der Waals surface area contributed by atoms with E-state index in [1.807, 2.05) is 73.7 Å². The first kappa shape index (κ1) is 32.0. The van der Waals surface area contributed by atoms with Crippen LogP contribution in [0.2, 0.25) is 10.0 Å². The number of carbonyl (C=O) groups is 1. The van der Waals surface area contributed by atoms with Crippen molar-refractivity contribution in [1.82, 2.24) is 14.8 Å². The number of aromatic nitrogens is 3. The average molecular weight is 667 g/mol. The first-order chi connectivity index (χ1) is 22.8. The van der Waals surface area contributed by atoms with Crippen LogP contribution < -0.4 is 14.4 Å². The van der Waals surface area contributed by atoms with Crippen LogP contribution >= 0.6 is 23.2 Å². The number of ketones is 1. The van der Waals surface area contributed by atoms with Crippen molar-refractivity contribution in [2.75, 3.05) is 31.7 Å². The molecule has 0 fully saturated rings. The minimum Gasteiger partial charge on any atom is -0.497 e. The molecule has 0 bridgehead atoms. The van der Waals surface area contributed by atoms with Crippen LogP contribution in [0.25, 0.3) is 22.5 Å². The second-order valence-electron chi connectivity index (χ2n) is 11.0. The normalized spacial score (nSPS) is 13.2. The van der Waals surface area contributed by atoms with Gasteiger partial charge in [0.25, 0.3) is 0 Å². The van der Waals surface area contributed by atoms with E-state index < -0.39 is 0 Å². The Balaban J connectivity index is 1.36. The molecule has 1 aromatic heterocycles. The van der Waals surface area contributed by atoms with E-state index in [0.29, 0.717) is 57.4 Å². The molecule has 0 radical (unpaired) electrons. The lowest BCUT2D eigenvalue weighted by molar-refractivity contribution is -0.111. The number of benzene rings is 4. The zero-order chi connectivity index (χ0) is 33.1. The number of ether oxygens (including phenoxy) is 2. The minimum atomic E-state index is -0.163. The van der Waals surface area contributed by atoms with Gasteiger partial charge in [-0.25, -0.2) is 9.98 Å². The highest BCUT2D eigenvalue weighted by atomic mass is 35.5. The maximum absolute atomic E-state index is 13.2. The molecule has 8 nitrogen and oxygen atoms in total. The van der Waals surface area contributed by atoms with Crippen molar-refractivity contribution in [3.63, 3.8) is 0 Å². The zero-order valence-electron chi connectivity index (χ0n) is 26.5. The molecular weight excluding hydrogens is 633 g/mol. The highest BCUT2D eigenvalue weighted by molar-refractivity contribution is 6.46. The van der Waals surface area contributed by atoms with Crippen molar-refractivity contribution >= 4 is 57.3 Å². The van der Waals surface area contributed by atoms with Crippen LogP contribution in [0.5, 0.6) is 11.5 Å². The molecule has 238 valence electrons. The smallest absolute Gasteiger partial charge is 0.182 e. The fraction of sp³-hybridized carbons (Fsp3) is 0.189. The summed E-state index contributed by atoms with van der Waals surface area (Å²) in [7, 11) is 1.64. The van der Waals surface area contributed by atoms with Crippen LogP contribution in [0.3, 0.4) is 0 Å². The fourth-order valence-electron chi connectivity index (χ4n) is 5.52. The number of hydrogen-bond donors (Lipinski definition) is 0. The second kappa shape index (κ2) is 13.8. The van der Waals surface area contributed by atoms with Crippen LogP contribution in [-0.4, -0.2) is 53.2 Å². The van der Waals surface area contributed by atoms with Gasteiger partial charge in [-0.3, -0.25) is 4.79 Å². The lowest BCUT2D eigenvalue weighted by atomic mass is 9.98. The Labute approximate surface area is 283 Å². The molecular formula is C37H33Cl2N5O3. The second-order valence-corrected chi connectivity index (χ2v) is 11.8. The number of rotatable bonds is 11. The van der Waals surface area contributed by atoms with Gasteiger partial charge in [0.15, 0.2) is 23.3 Å². The maximum atomic E-state index is 13.2. The number of carbonyl (C=O) groups excluding carboxylic acids is 1. The number of fused-ring (bicyclic) bond motifs is 1. The third-order valence-electron chi connectivity index (χ3n) is 7.95. The van der Waals surface area contributed by atoms with Crippen molar-refractivity contribution in [2.45, 2.75) is 20.8 Å². The van der Waals surface area contributed by atoms with E-state index in [2.05, 4.69) is 17.9 Å². The molecule has 1 aliphatic heterocycles. The maximum Gasteiger partial charge on any atom is 0.182 e. The number of anilines is 1. The molecule has 1 aliphatic rings. The molecule has 2 heterocycles. The third kappa shape index (κ3) is 6.66. The van der Waals surface area contributed by atoms with Crippen LogP contribution in [0.15, 0.2) is 96.0 Å². The summed E-state index contributed by atoms with van der Waals surface area (Å²) in [5.41, 5.74) is 5.20. The Bertz CT molecular complexity index is 2000. The van der Waals surface area contributed by atoms with Crippen molar-refractivity contribution in [3.05, 3.63) is 118 Å². The summed E-state index contributed by atoms with van der Waals surface area (Å²) in [4.78, 5) is 25.4. The first-order valence-corrected chi connectivity index (χ1v) is 16.0. The number of aliphatic imine (C=N–C) groups is 1. The molecule has 0 N–H and O–H groups in total. The monoisotopic (exact) mass is 665 g/mol. The van der Waals surface area contributed by atoms with E-state index in [9.17, 15) is 4.79 Å². The zero-order valence-corrected chi connectivity index (χ0v) is 28.0. The summed E-state index contributed by atoms with van der Waals surface area (Å²) >= 11 is 12.8. The SMILES string of the molecule is CCN(CCOc1ccc(OC)cc1)c1ccc(N=C2C(c3ccccc3Cl)=C(C(C)=O)c3nc(-c4ccc(Cl)cc4)nn32)c(C)c1. The Kier molecular flexibility index (Phi) is 9.43. The topological polar surface area (TPSA) is 81.8 Å². The van der Waals surface area contributed by atoms with Gasteiger partial charge in [0, 0.05) is 39.0 Å². The third-order valence-corrected chi connectivity index (χ3v) is 8.53. The lowest BCUT2D eigenvalue weighted by Gasteiger charge is -2.24. The molecule has 0 amide bonds. The Morgan fingerprint density at radius 1 is 0.957 bits per heavy atom. The fourth-order valence-corrected chi connectivity index (χ4v) is 5.88. The molecule has 5 aromatic rings. The quantitative estimate of drug-likeness (QED) is 0.141. The molecule has 10 heteroatoms. The van der Waals surface area contributed by atoms with Gasteiger partial charge in [0.05, 0.1) is 24.9 Å². The Morgan fingerprint density at radius 2 is 1.68 bits per heavy atom. The van der Waals surface area contributed by atoms with Gasteiger partial charge in [-0.1, -0.05) is 41.4 Å². The van der Waals surface area contributed by atoms with E-state index >= 15 is 0 Å². The van der Waals surface area contributed by atoms with Crippen LogP contribution in [-0.2, 0) is 4.79 Å². The van der Waals surface area contributed by atoms with Gasteiger partial charge in [0.2, 0.25) is 0 Å². The predicted octanol–water partition coefficient (Wildman–Crippen LogP) is 8.57. The highest BCUT2D eigenvalue weighted by Gasteiger charge is 2.36. The molecule has 0 saturated heterocycles. The number of likely N-dealkylation sites (N-methyl/N-ethyl adjacent to an activating group) is 1. The number of nitrogens with zero attached hydrogens (tertiary/aromatic N) is 5. The number of hydrogen-bond acceptors (Lipinski definition) is 7. The van der Waals surface area contributed by atoms with E-state index in [1.54, 1.807) is 30.0 Å². The molecule has 0 unspecified atom stereocenters. The van der Waals surface area contributed by atoms with E-state index in [-0.39, 0.29) is 5.78 Å². The van der Waals surface area contributed by atoms with Gasteiger partial charge < -0.3 is 14.4 Å². The molecule has 47 heavy (non-hydrogen) atoms. The van der Waals surface area contributed by atoms with E-state index in [4.69, 9.17) is 47.8 Å². The van der Waals surface area contributed by atoms with E-state index in [0.717, 1.165) is 40.5 Å². The number of aryl methyl sites for hydroxylation is 1. The molecule has 4 aromatic carbocycles. The number of methoxy groups -OCH3 is 1. The van der Waals surface area contributed by atoms with Crippen molar-refractivity contribution < 1.29 is 14.3 Å². The van der Waals surface area contributed by atoms with Crippen LogP contribution in [0, 0.1) is 6.92 Å². The van der Waals surface area contributed by atoms with Crippen molar-refractivity contribution in [1.29, 1.82) is 0 Å². The summed E-state index contributed by atoms with van der Waals surface area (Å²) in [6.45, 7) is 7.68. The van der Waals surface area contributed by atoms with Gasteiger partial charge in [-0.15, -0.1) is 5.10 Å². The summed E-state index contributed by atoms with van der Waals surface area (Å²) < 4.78 is 12.9. The highest BCUT2D eigenvalue weighted by Crippen LogP contribution is 2.40. The van der Waals surface area contributed by atoms with Crippen LogP contribution in [0.1, 0.15) is 30.8 Å². The largest absolute Gasteiger partial charge is 0.497 e. The standard InChI is InChI=1S/C37H33Cl2N5O3/c1-5-43(20-21-47-29-17-15-28(46-4)16-18-29)27-14-19-32(23(2)22-27)40-37-34(30-8-6-7-9-31(30)39)33(24(3)45)36-41-35(42-44(36)37)25-10-12-26(38)13-11-25/h6-19,22H,5,20-21H2,1-4H3. The van der Waals surface area contributed by atoms with E-state index in [1.165, 1.54) is 6.92 Å². The molecule has 0 atom stereocenters. The minimum absolute atomic E-state index is 0.163. The summed E-state index contributed by atoms with van der Waals surface area (Å²) in [6, 6.07) is 28.4. The van der Waals surface area contributed by atoms with Crippen LogP contribution in [0.4, 0.5) is 11.4 Å². The van der Waals surface area contributed by atoms with Crippen molar-refractivity contribution in [2.24, 2.45) is 4.99 Å². The van der Waals surface area contributed by atoms with Gasteiger partial charge in [-0.05, 0) is 99.1 Å². The van der Waals surface area contributed by atoms with Gasteiger partial charge in [-0.2, -0.15) is 4.68 Å². The number of halogens is 2. The molecule has 0 saturated carbocycles. The lowest BCUT2D eigenvalue weighted by Crippen LogP contribution is -2.28.